The molecule has 18 heteroatoms. The third-order valence-electron chi connectivity index (χ3n) is 9.86. The van der Waals surface area contributed by atoms with Crippen LogP contribution in [0.1, 0.15) is 70.1 Å². The summed E-state index contributed by atoms with van der Waals surface area (Å²) in [6.07, 6.45) is -3.02. The third kappa shape index (κ3) is 15.3. The Bertz CT molecular complexity index is 1770. The zero-order valence-electron chi connectivity index (χ0n) is 33.1. The molecule has 0 aliphatic heterocycles. The van der Waals surface area contributed by atoms with E-state index in [2.05, 4.69) is 27.5 Å². The van der Waals surface area contributed by atoms with Crippen LogP contribution < -0.4 is 22.1 Å². The molecule has 320 valence electrons. The molecule has 2 aromatic carbocycles. The van der Waals surface area contributed by atoms with Gasteiger partial charge in [-0.2, -0.15) is 0 Å². The van der Waals surface area contributed by atoms with Gasteiger partial charge in [0.1, 0.15) is 18.3 Å². The average molecular weight is 831 g/mol. The molecule has 3 rings (SSSR count). The van der Waals surface area contributed by atoms with Crippen LogP contribution in [0.5, 0.6) is 0 Å². The Morgan fingerprint density at radius 1 is 0.845 bits per heavy atom. The quantitative estimate of drug-likeness (QED) is 0.0542. The van der Waals surface area contributed by atoms with Gasteiger partial charge in [0.2, 0.25) is 0 Å². The lowest BCUT2D eigenvalue weighted by Crippen LogP contribution is -2.50. The van der Waals surface area contributed by atoms with E-state index < -0.39 is 43.0 Å². The average Bonchev–Trinajstić information content (AvgIpc) is 3.20. The molecule has 3 aromatic rings. The number of aromatic nitrogens is 2. The van der Waals surface area contributed by atoms with E-state index in [1.54, 1.807) is 24.3 Å². The van der Waals surface area contributed by atoms with Crippen LogP contribution in [0.15, 0.2) is 48.5 Å². The maximum absolute atomic E-state index is 13.2. The number of benzene rings is 2. The lowest BCUT2D eigenvalue weighted by atomic mass is 9.95. The number of nitrogens with one attached hydrogen (secondary N) is 2. The number of hydrogen-bond donors (Lipinski definition) is 10. The molecule has 1 heterocycles. The number of carbonyl (C=O) groups is 3. The number of carbonyl (C=O) groups excluding carboxylic acids is 2. The summed E-state index contributed by atoms with van der Waals surface area (Å²) in [4.78, 5) is 49.7. The summed E-state index contributed by atoms with van der Waals surface area (Å²) in [5, 5.41) is 65.5. The van der Waals surface area contributed by atoms with Gasteiger partial charge < -0.3 is 57.6 Å². The van der Waals surface area contributed by atoms with E-state index in [1.165, 1.54) is 4.90 Å². The fourth-order valence-corrected chi connectivity index (χ4v) is 6.54. The number of halogens is 1. The molecule has 0 bridgehead atoms. The van der Waals surface area contributed by atoms with Crippen LogP contribution >= 0.6 is 11.6 Å². The first-order chi connectivity index (χ1) is 27.6. The highest BCUT2D eigenvalue weighted by Crippen LogP contribution is 2.19. The fraction of sp³-hybridized carbons (Fsp3) is 0.525. The van der Waals surface area contributed by atoms with Gasteiger partial charge in [-0.15, -0.1) is 0 Å². The van der Waals surface area contributed by atoms with Crippen molar-refractivity contribution in [2.24, 2.45) is 5.92 Å². The van der Waals surface area contributed by atoms with Crippen molar-refractivity contribution in [1.29, 1.82) is 0 Å². The number of hydrogen-bond acceptors (Lipinski definition) is 13. The van der Waals surface area contributed by atoms with Gasteiger partial charge in [0.25, 0.3) is 11.8 Å². The van der Waals surface area contributed by atoms with Gasteiger partial charge in [0, 0.05) is 44.8 Å². The molecule has 1 aromatic heterocycles. The summed E-state index contributed by atoms with van der Waals surface area (Å²) in [6.45, 7) is 4.59. The van der Waals surface area contributed by atoms with Gasteiger partial charge in [-0.25, -0.2) is 14.8 Å². The molecule has 12 N–H and O–H groups in total. The molecular weight excluding hydrogens is 772 g/mol. The lowest BCUT2D eigenvalue weighted by molar-refractivity contribution is -0.119. The predicted octanol–water partition coefficient (Wildman–Crippen LogP) is 1.46. The number of aryl methyl sites for hydroxylation is 1. The molecule has 5 atom stereocenters. The van der Waals surface area contributed by atoms with Gasteiger partial charge >= 0.3 is 6.09 Å². The highest BCUT2D eigenvalue weighted by atomic mass is 35.5. The van der Waals surface area contributed by atoms with Gasteiger partial charge in [-0.3, -0.25) is 14.5 Å². The standard InChI is InChI=1S/C40H59ClN8O9/c1-3-4-5-8-16-48(23-30(51)33(53)34(54)31(52)24-50)18-15-44-38(55)29-13-9-11-26(19-29)14-17-49(40(57)58)22-27(20-28-12-7-6-10-25(28)2)21-45-39(56)32-36(42)47-37(43)35(41)46-32/h6-7,9-13,19,27,30-31,33-34,50-54H,3-5,8,14-18,20-24H2,1-2H3,(H,44,55)(H,45,56)(H,57,58)(H4,42,43,47)/t27?,30-,31+,33+,34+/m0/s1. The Balaban J connectivity index is 1.64. The number of carboxylic acid groups (broad SMARTS) is 1. The van der Waals surface area contributed by atoms with E-state index in [4.69, 9.17) is 28.2 Å². The van der Waals surface area contributed by atoms with Crippen LogP contribution in [0, 0.1) is 12.8 Å². The number of nitrogen functional groups attached to an aromatic ring is 2. The third-order valence-corrected chi connectivity index (χ3v) is 10.1. The van der Waals surface area contributed by atoms with Gasteiger partial charge in [-0.1, -0.05) is 74.2 Å². The Kier molecular flexibility index (Phi) is 20.0. The lowest BCUT2D eigenvalue weighted by Gasteiger charge is -2.30. The summed E-state index contributed by atoms with van der Waals surface area (Å²) < 4.78 is 0. The SMILES string of the molecule is CCCCCCN(CCNC(=O)c1cccc(CCN(CC(CNC(=O)c2nc(Cl)c(N)nc2N)Cc2ccccc2C)C(=O)O)c1)C[C@H](O)[C@@H](O)[C@H](O)[C@H](O)CO. The minimum Gasteiger partial charge on any atom is -0.465 e. The molecule has 0 saturated carbocycles. The van der Waals surface area contributed by atoms with E-state index in [1.807, 2.05) is 36.1 Å². The topological polar surface area (TPSA) is 281 Å². The largest absolute Gasteiger partial charge is 0.465 e. The van der Waals surface area contributed by atoms with Crippen molar-refractivity contribution < 1.29 is 45.0 Å². The zero-order valence-corrected chi connectivity index (χ0v) is 33.9. The van der Waals surface area contributed by atoms with Crippen LogP contribution in [0.2, 0.25) is 5.15 Å². The van der Waals surface area contributed by atoms with E-state index in [0.717, 1.165) is 42.4 Å². The Hall–Kier alpha value is -4.62. The highest BCUT2D eigenvalue weighted by Gasteiger charge is 2.31. The van der Waals surface area contributed by atoms with Gasteiger partial charge in [0.05, 0.1) is 12.7 Å². The molecule has 17 nitrogen and oxygen atoms in total. The number of amides is 3. The Morgan fingerprint density at radius 3 is 2.26 bits per heavy atom. The molecule has 0 fully saturated rings. The Morgan fingerprint density at radius 2 is 1.57 bits per heavy atom. The van der Waals surface area contributed by atoms with E-state index in [9.17, 15) is 39.9 Å². The second-order valence-electron chi connectivity index (χ2n) is 14.4. The molecule has 0 aliphatic rings. The first-order valence-corrected chi connectivity index (χ1v) is 19.8. The summed E-state index contributed by atoms with van der Waals surface area (Å²) in [5.41, 5.74) is 14.4. The summed E-state index contributed by atoms with van der Waals surface area (Å²) in [6, 6.07) is 14.6. The molecule has 3 amide bonds. The zero-order chi connectivity index (χ0) is 42.8. The number of aliphatic hydroxyl groups is 5. The molecule has 58 heavy (non-hydrogen) atoms. The molecular formula is C40H59ClN8O9. The first-order valence-electron chi connectivity index (χ1n) is 19.5. The smallest absolute Gasteiger partial charge is 0.407 e. The second kappa shape index (κ2) is 24.3. The molecule has 0 saturated heterocycles. The molecule has 0 aliphatic carbocycles. The minimum absolute atomic E-state index is 0.0348. The summed E-state index contributed by atoms with van der Waals surface area (Å²) >= 11 is 5.97. The van der Waals surface area contributed by atoms with E-state index in [0.29, 0.717) is 31.5 Å². The maximum atomic E-state index is 13.2. The monoisotopic (exact) mass is 830 g/mol. The highest BCUT2D eigenvalue weighted by molar-refractivity contribution is 6.31. The number of anilines is 2. The van der Waals surface area contributed by atoms with Crippen LogP contribution in [-0.4, -0.2) is 145 Å². The number of nitrogens with zero attached hydrogens (tertiary/aromatic N) is 4. The predicted molar refractivity (Wildman–Crippen MR) is 220 cm³/mol. The van der Waals surface area contributed by atoms with Crippen LogP contribution in [0.25, 0.3) is 0 Å². The van der Waals surface area contributed by atoms with E-state index >= 15 is 0 Å². The van der Waals surface area contributed by atoms with Crippen LogP contribution in [0.4, 0.5) is 16.4 Å². The molecule has 1 unspecified atom stereocenters. The Labute approximate surface area is 344 Å². The summed E-state index contributed by atoms with van der Waals surface area (Å²) in [5.74, 6) is -1.65. The van der Waals surface area contributed by atoms with Gasteiger partial charge in [0.15, 0.2) is 22.5 Å². The van der Waals surface area contributed by atoms with Crippen molar-refractivity contribution in [2.75, 3.05) is 63.9 Å². The van der Waals surface area contributed by atoms with Crippen molar-refractivity contribution in [3.63, 3.8) is 0 Å². The van der Waals surface area contributed by atoms with Crippen molar-refractivity contribution in [3.05, 3.63) is 81.6 Å². The van der Waals surface area contributed by atoms with Crippen LogP contribution in [0.3, 0.4) is 0 Å². The number of aliphatic hydroxyl groups excluding tert-OH is 5. The fourth-order valence-electron chi connectivity index (χ4n) is 6.41. The van der Waals surface area contributed by atoms with Crippen molar-refractivity contribution >= 4 is 41.1 Å². The number of unbranched alkanes of at least 4 members (excludes halogenated alkanes) is 3. The minimum atomic E-state index is -1.73. The maximum Gasteiger partial charge on any atom is 0.407 e. The first kappa shape index (κ1) is 47.8. The van der Waals surface area contributed by atoms with Crippen LogP contribution in [-0.2, 0) is 12.8 Å². The molecule has 0 radical (unpaired) electrons. The van der Waals surface area contributed by atoms with Crippen molar-refractivity contribution in [3.8, 4) is 0 Å². The van der Waals surface area contributed by atoms with Crippen molar-refractivity contribution in [1.82, 2.24) is 30.4 Å². The second-order valence-corrected chi connectivity index (χ2v) is 14.8. The van der Waals surface area contributed by atoms with Crippen molar-refractivity contribution in [2.45, 2.75) is 76.8 Å². The normalized spacial score (nSPS) is 14.0. The van der Waals surface area contributed by atoms with Gasteiger partial charge in [-0.05, 0) is 67.5 Å². The number of nitrogens with two attached hydrogens (primary N) is 2. The number of rotatable bonds is 25. The summed E-state index contributed by atoms with van der Waals surface area (Å²) in [7, 11) is 0. The molecule has 0 spiro atoms. The van der Waals surface area contributed by atoms with E-state index in [-0.39, 0.29) is 67.0 Å².